The van der Waals surface area contributed by atoms with Gasteiger partial charge in [0.1, 0.15) is 0 Å². The van der Waals surface area contributed by atoms with Crippen molar-refractivity contribution in [3.8, 4) is 0 Å². The highest BCUT2D eigenvalue weighted by Crippen LogP contribution is 2.38. The fourth-order valence-electron chi connectivity index (χ4n) is 3.17. The van der Waals surface area contributed by atoms with Gasteiger partial charge in [-0.05, 0) is 44.6 Å². The SMILES string of the molecule is CC(C)CN(C(=O)CC1(CN)CCCCC1)C(C)C.Cl. The van der Waals surface area contributed by atoms with Gasteiger partial charge in [0.15, 0.2) is 0 Å². The van der Waals surface area contributed by atoms with E-state index in [1.807, 2.05) is 4.90 Å². The average Bonchev–Trinajstić information content (AvgIpc) is 2.36. The van der Waals surface area contributed by atoms with E-state index in [4.69, 9.17) is 5.73 Å². The summed E-state index contributed by atoms with van der Waals surface area (Å²) in [6.45, 7) is 10.1. The Kier molecular flexibility index (Phi) is 8.76. The molecule has 3 nitrogen and oxygen atoms in total. The van der Waals surface area contributed by atoms with Crippen LogP contribution >= 0.6 is 12.4 Å². The quantitative estimate of drug-likeness (QED) is 0.815. The van der Waals surface area contributed by atoms with Gasteiger partial charge in [-0.2, -0.15) is 0 Å². The van der Waals surface area contributed by atoms with Crippen molar-refractivity contribution in [1.29, 1.82) is 0 Å². The first-order valence-electron chi connectivity index (χ1n) is 7.90. The first-order valence-corrected chi connectivity index (χ1v) is 7.90. The molecule has 0 radical (unpaired) electrons. The number of carbonyl (C=O) groups excluding carboxylic acids is 1. The van der Waals surface area contributed by atoms with Crippen LogP contribution in [0.4, 0.5) is 0 Å². The minimum absolute atomic E-state index is 0. The highest BCUT2D eigenvalue weighted by Gasteiger charge is 2.34. The second kappa shape index (κ2) is 8.89. The van der Waals surface area contributed by atoms with Gasteiger partial charge in [0.25, 0.3) is 0 Å². The Labute approximate surface area is 131 Å². The smallest absolute Gasteiger partial charge is 0.223 e. The molecular formula is C16H33ClN2O. The molecule has 0 bridgehead atoms. The van der Waals surface area contributed by atoms with Crippen LogP contribution in [-0.4, -0.2) is 29.9 Å². The third-order valence-corrected chi connectivity index (χ3v) is 4.38. The van der Waals surface area contributed by atoms with E-state index in [-0.39, 0.29) is 23.9 Å². The van der Waals surface area contributed by atoms with E-state index in [1.165, 1.54) is 19.3 Å². The van der Waals surface area contributed by atoms with Crippen LogP contribution in [0.15, 0.2) is 0 Å². The average molecular weight is 305 g/mol. The first kappa shape index (κ1) is 19.7. The summed E-state index contributed by atoms with van der Waals surface area (Å²) in [4.78, 5) is 14.7. The summed E-state index contributed by atoms with van der Waals surface area (Å²) in [5, 5.41) is 0. The maximum absolute atomic E-state index is 12.6. The summed E-state index contributed by atoms with van der Waals surface area (Å²) in [7, 11) is 0. The Morgan fingerprint density at radius 2 is 1.70 bits per heavy atom. The molecule has 0 aromatic rings. The van der Waals surface area contributed by atoms with Crippen LogP contribution in [-0.2, 0) is 4.79 Å². The second-order valence-electron chi connectivity index (χ2n) is 6.98. The molecule has 0 spiro atoms. The molecule has 0 saturated heterocycles. The molecule has 0 heterocycles. The lowest BCUT2D eigenvalue weighted by Gasteiger charge is -2.38. The largest absolute Gasteiger partial charge is 0.340 e. The van der Waals surface area contributed by atoms with Gasteiger partial charge in [-0.25, -0.2) is 0 Å². The van der Waals surface area contributed by atoms with Crippen molar-refractivity contribution in [3.05, 3.63) is 0 Å². The highest BCUT2D eigenvalue weighted by molar-refractivity contribution is 5.85. The summed E-state index contributed by atoms with van der Waals surface area (Å²) in [5.74, 6) is 0.822. The fraction of sp³-hybridized carbons (Fsp3) is 0.938. The van der Waals surface area contributed by atoms with Crippen molar-refractivity contribution in [2.45, 2.75) is 72.3 Å². The van der Waals surface area contributed by atoms with Crippen LogP contribution in [0.2, 0.25) is 0 Å². The van der Waals surface area contributed by atoms with Crippen LogP contribution < -0.4 is 5.73 Å². The van der Waals surface area contributed by atoms with Crippen molar-refractivity contribution in [3.63, 3.8) is 0 Å². The van der Waals surface area contributed by atoms with Crippen molar-refractivity contribution in [2.75, 3.05) is 13.1 Å². The van der Waals surface area contributed by atoms with Crippen LogP contribution in [0.25, 0.3) is 0 Å². The Bertz CT molecular complexity index is 286. The molecule has 1 rings (SSSR count). The van der Waals surface area contributed by atoms with Crippen LogP contribution in [0.3, 0.4) is 0 Å². The zero-order valence-corrected chi connectivity index (χ0v) is 14.5. The molecule has 0 unspecified atom stereocenters. The Morgan fingerprint density at radius 1 is 1.15 bits per heavy atom. The Hall–Kier alpha value is -0.280. The minimum Gasteiger partial charge on any atom is -0.340 e. The molecule has 0 aromatic carbocycles. The van der Waals surface area contributed by atoms with Crippen LogP contribution in [0.5, 0.6) is 0 Å². The molecule has 0 atom stereocenters. The number of hydrogen-bond donors (Lipinski definition) is 1. The van der Waals surface area contributed by atoms with Crippen LogP contribution in [0.1, 0.15) is 66.2 Å². The predicted octanol–water partition coefficient (Wildman–Crippen LogP) is 3.60. The normalized spacial score (nSPS) is 17.9. The molecule has 120 valence electrons. The molecule has 1 aliphatic carbocycles. The fourth-order valence-corrected chi connectivity index (χ4v) is 3.17. The topological polar surface area (TPSA) is 46.3 Å². The maximum atomic E-state index is 12.6. The molecule has 20 heavy (non-hydrogen) atoms. The molecule has 4 heteroatoms. The first-order chi connectivity index (χ1) is 8.90. The predicted molar refractivity (Wildman–Crippen MR) is 88.1 cm³/mol. The highest BCUT2D eigenvalue weighted by atomic mass is 35.5. The number of amides is 1. The zero-order valence-electron chi connectivity index (χ0n) is 13.7. The number of hydrogen-bond acceptors (Lipinski definition) is 2. The van der Waals surface area contributed by atoms with E-state index >= 15 is 0 Å². The van der Waals surface area contributed by atoms with Gasteiger partial charge in [-0.15, -0.1) is 12.4 Å². The summed E-state index contributed by atoms with van der Waals surface area (Å²) in [5.41, 5.74) is 6.08. The molecule has 1 saturated carbocycles. The molecule has 2 N–H and O–H groups in total. The number of nitrogens with zero attached hydrogens (tertiary/aromatic N) is 1. The van der Waals surface area contributed by atoms with Crippen molar-refractivity contribution in [2.24, 2.45) is 17.1 Å². The molecule has 1 fully saturated rings. The summed E-state index contributed by atoms with van der Waals surface area (Å²) < 4.78 is 0. The van der Waals surface area contributed by atoms with Crippen molar-refractivity contribution in [1.82, 2.24) is 4.90 Å². The van der Waals surface area contributed by atoms with E-state index in [2.05, 4.69) is 27.7 Å². The number of halogens is 1. The maximum Gasteiger partial charge on any atom is 0.223 e. The Balaban J connectivity index is 0.00000361. The molecule has 0 aliphatic heterocycles. The number of rotatable bonds is 6. The van der Waals surface area contributed by atoms with Crippen LogP contribution in [0, 0.1) is 11.3 Å². The van der Waals surface area contributed by atoms with Gasteiger partial charge >= 0.3 is 0 Å². The van der Waals surface area contributed by atoms with Crippen molar-refractivity contribution >= 4 is 18.3 Å². The number of carbonyl (C=O) groups is 1. The van der Waals surface area contributed by atoms with E-state index in [1.54, 1.807) is 0 Å². The molecule has 1 aliphatic rings. The Morgan fingerprint density at radius 3 is 2.10 bits per heavy atom. The van der Waals surface area contributed by atoms with E-state index in [9.17, 15) is 4.79 Å². The minimum atomic E-state index is 0. The lowest BCUT2D eigenvalue weighted by molar-refractivity contribution is -0.136. The monoisotopic (exact) mass is 304 g/mol. The lowest BCUT2D eigenvalue weighted by Crippen LogP contribution is -2.44. The number of nitrogens with two attached hydrogens (primary N) is 1. The standard InChI is InChI=1S/C16H32N2O.ClH/c1-13(2)11-18(14(3)4)15(19)10-16(12-17)8-6-5-7-9-16;/h13-14H,5-12,17H2,1-4H3;1H. The molecule has 1 amide bonds. The lowest BCUT2D eigenvalue weighted by atomic mass is 9.71. The zero-order chi connectivity index (χ0) is 14.5. The summed E-state index contributed by atoms with van der Waals surface area (Å²) in [6, 6.07) is 0.285. The van der Waals surface area contributed by atoms with Gasteiger partial charge in [-0.1, -0.05) is 33.1 Å². The molecular weight excluding hydrogens is 272 g/mol. The van der Waals surface area contributed by atoms with Gasteiger partial charge < -0.3 is 10.6 Å². The van der Waals surface area contributed by atoms with Crippen molar-refractivity contribution < 1.29 is 4.79 Å². The van der Waals surface area contributed by atoms with Gasteiger partial charge in [0.05, 0.1) is 0 Å². The summed E-state index contributed by atoms with van der Waals surface area (Å²) in [6.07, 6.45) is 6.67. The third kappa shape index (κ3) is 5.61. The second-order valence-corrected chi connectivity index (χ2v) is 6.98. The third-order valence-electron chi connectivity index (χ3n) is 4.38. The van der Waals surface area contributed by atoms with Gasteiger partial charge in [-0.3, -0.25) is 4.79 Å². The summed E-state index contributed by atoms with van der Waals surface area (Å²) >= 11 is 0. The van der Waals surface area contributed by atoms with E-state index < -0.39 is 0 Å². The van der Waals surface area contributed by atoms with Gasteiger partial charge in [0, 0.05) is 19.0 Å². The molecule has 0 aromatic heterocycles. The van der Waals surface area contributed by atoms with E-state index in [0.29, 0.717) is 24.8 Å². The van der Waals surface area contributed by atoms with Gasteiger partial charge in [0.2, 0.25) is 5.91 Å². The van der Waals surface area contributed by atoms with E-state index in [0.717, 1.165) is 19.4 Å².